The van der Waals surface area contributed by atoms with E-state index in [-0.39, 0.29) is 35.2 Å². The van der Waals surface area contributed by atoms with Crippen LogP contribution in [0.1, 0.15) is 37.4 Å². The number of aromatic carboxylic acids is 2. The quantitative estimate of drug-likeness (QED) is 0.169. The number of nitrogens with zero attached hydrogens (tertiary/aromatic N) is 2. The van der Waals surface area contributed by atoms with Crippen LogP contribution in [0.5, 0.6) is 0 Å². The average Bonchev–Trinajstić information content (AvgIpc) is 3.04. The Balaban J connectivity index is 0.000000192. The van der Waals surface area contributed by atoms with Crippen LogP contribution in [0.15, 0.2) is 107 Å². The number of pyridine rings is 2. The monoisotopic (exact) mass is 712 g/mol. The third-order valence-corrected chi connectivity index (χ3v) is 7.89. The van der Waals surface area contributed by atoms with E-state index in [0.29, 0.717) is 26.6 Å². The van der Waals surface area contributed by atoms with E-state index < -0.39 is 40.1 Å². The fourth-order valence-electron chi connectivity index (χ4n) is 5.12. The molecule has 0 radical (unpaired) electrons. The highest BCUT2D eigenvalue weighted by atomic mass is 35.5. The van der Waals surface area contributed by atoms with E-state index in [9.17, 15) is 47.0 Å². The Labute approximate surface area is 283 Å². The third kappa shape index (κ3) is 7.82. The third-order valence-electron chi connectivity index (χ3n) is 7.42. The molecule has 2 heterocycles. The van der Waals surface area contributed by atoms with Crippen LogP contribution in [-0.2, 0) is 19.3 Å². The molecule has 0 spiro atoms. The zero-order chi connectivity index (χ0) is 35.6. The van der Waals surface area contributed by atoms with Gasteiger partial charge in [-0.2, -0.15) is 13.2 Å². The second-order valence-corrected chi connectivity index (χ2v) is 11.6. The molecule has 6 aromatic rings. The molecule has 2 N–H and O–H groups in total. The van der Waals surface area contributed by atoms with Crippen LogP contribution in [0.25, 0.3) is 21.8 Å². The van der Waals surface area contributed by atoms with E-state index in [1.165, 1.54) is 59.3 Å². The van der Waals surface area contributed by atoms with E-state index in [1.54, 1.807) is 28.8 Å². The molecule has 6 rings (SSSR count). The van der Waals surface area contributed by atoms with Crippen molar-refractivity contribution in [3.63, 3.8) is 0 Å². The van der Waals surface area contributed by atoms with Crippen LogP contribution in [0, 0.1) is 5.82 Å². The number of benzene rings is 4. The Hall–Kier alpha value is -5.46. The van der Waals surface area contributed by atoms with E-state index in [2.05, 4.69) is 0 Å². The molecule has 0 saturated carbocycles. The first-order valence-electron chi connectivity index (χ1n) is 14.1. The van der Waals surface area contributed by atoms with Crippen LogP contribution in [-0.4, -0.2) is 31.3 Å². The van der Waals surface area contributed by atoms with Crippen molar-refractivity contribution in [2.75, 3.05) is 0 Å². The SMILES string of the molecule is O=C(O)c1cn(Cc2ccc(F)cc2)c2cc(Cl)ccc2c1=O.O=C(O)c1cn(Cc2cccc(C(F)(F)F)c2)c2cc(Cl)ccc2c1=O. The summed E-state index contributed by atoms with van der Waals surface area (Å²) in [6.07, 6.45) is -2.09. The van der Waals surface area contributed by atoms with Gasteiger partial charge in [0.25, 0.3) is 0 Å². The van der Waals surface area contributed by atoms with E-state index in [1.807, 2.05) is 0 Å². The summed E-state index contributed by atoms with van der Waals surface area (Å²) >= 11 is 11.9. The summed E-state index contributed by atoms with van der Waals surface area (Å²) in [5.41, 5.74) is -0.884. The van der Waals surface area contributed by atoms with Crippen LogP contribution < -0.4 is 10.9 Å². The van der Waals surface area contributed by atoms with Gasteiger partial charge in [-0.3, -0.25) is 9.59 Å². The number of rotatable bonds is 6. The van der Waals surface area contributed by atoms with Gasteiger partial charge in [0, 0.05) is 46.3 Å². The maximum Gasteiger partial charge on any atom is 0.416 e. The van der Waals surface area contributed by atoms with Gasteiger partial charge in [0.2, 0.25) is 10.9 Å². The highest BCUT2D eigenvalue weighted by molar-refractivity contribution is 6.31. The van der Waals surface area contributed by atoms with Gasteiger partial charge < -0.3 is 19.3 Å². The van der Waals surface area contributed by atoms with Crippen molar-refractivity contribution in [2.24, 2.45) is 0 Å². The lowest BCUT2D eigenvalue weighted by Gasteiger charge is -2.14. The molecule has 0 aliphatic carbocycles. The molecular formula is C35H22Cl2F4N2O6. The molecule has 8 nitrogen and oxygen atoms in total. The first-order valence-corrected chi connectivity index (χ1v) is 14.9. The van der Waals surface area contributed by atoms with Crippen molar-refractivity contribution in [1.82, 2.24) is 9.13 Å². The lowest BCUT2D eigenvalue weighted by Crippen LogP contribution is -2.19. The molecular weight excluding hydrogens is 691 g/mol. The van der Waals surface area contributed by atoms with E-state index >= 15 is 0 Å². The summed E-state index contributed by atoms with van der Waals surface area (Å²) in [7, 11) is 0. The maximum absolute atomic E-state index is 13.0. The standard InChI is InChI=1S/C18H11ClF3NO3.C17H11ClFNO3/c19-12-4-5-13-15(7-12)23(9-14(16(13)24)17(25)26)8-10-2-1-3-11(6-10)18(20,21)22;18-11-3-6-13-15(7-11)20(9-14(16(13)21)17(22)23)8-10-1-4-12(19)5-2-10/h1-7,9H,8H2,(H,25,26);1-7,9H,8H2,(H,22,23). The molecule has 0 amide bonds. The highest BCUT2D eigenvalue weighted by Gasteiger charge is 2.30. The molecule has 14 heteroatoms. The minimum Gasteiger partial charge on any atom is -0.477 e. The van der Waals surface area contributed by atoms with Gasteiger partial charge in [0.05, 0.1) is 16.6 Å². The predicted octanol–water partition coefficient (Wildman–Crippen LogP) is 7.96. The molecule has 0 unspecified atom stereocenters. The summed E-state index contributed by atoms with van der Waals surface area (Å²) in [6, 6.07) is 19.5. The average molecular weight is 713 g/mol. The van der Waals surface area contributed by atoms with Crippen LogP contribution in [0.4, 0.5) is 17.6 Å². The Bertz CT molecular complexity index is 2370. The zero-order valence-electron chi connectivity index (χ0n) is 24.8. The van der Waals surface area contributed by atoms with Crippen molar-refractivity contribution in [3.8, 4) is 0 Å². The summed E-state index contributed by atoms with van der Waals surface area (Å²) in [6.45, 7) is 0.235. The minimum absolute atomic E-state index is 0.0542. The van der Waals surface area contributed by atoms with Gasteiger partial charge in [-0.1, -0.05) is 47.5 Å². The summed E-state index contributed by atoms with van der Waals surface area (Å²) in [5, 5.41) is 19.6. The van der Waals surface area contributed by atoms with Crippen LogP contribution in [0.3, 0.4) is 0 Å². The lowest BCUT2D eigenvalue weighted by molar-refractivity contribution is -0.137. The molecule has 0 saturated heterocycles. The van der Waals surface area contributed by atoms with Gasteiger partial charge in [0.15, 0.2) is 0 Å². The molecule has 49 heavy (non-hydrogen) atoms. The first-order chi connectivity index (χ1) is 23.1. The molecule has 4 aromatic carbocycles. The number of carboxylic acids is 2. The fourth-order valence-corrected chi connectivity index (χ4v) is 5.46. The number of aromatic nitrogens is 2. The second-order valence-electron chi connectivity index (χ2n) is 10.8. The second kappa shape index (κ2) is 14.0. The highest BCUT2D eigenvalue weighted by Crippen LogP contribution is 2.30. The fraction of sp³-hybridized carbons (Fsp3) is 0.0857. The van der Waals surface area contributed by atoms with Crippen LogP contribution >= 0.6 is 23.2 Å². The van der Waals surface area contributed by atoms with Crippen molar-refractivity contribution in [1.29, 1.82) is 0 Å². The number of hydrogen-bond acceptors (Lipinski definition) is 4. The first kappa shape index (κ1) is 34.9. The van der Waals surface area contributed by atoms with Gasteiger partial charge in [-0.25, -0.2) is 14.0 Å². The molecule has 0 bridgehead atoms. The van der Waals surface area contributed by atoms with Gasteiger partial charge in [-0.15, -0.1) is 0 Å². The smallest absolute Gasteiger partial charge is 0.416 e. The van der Waals surface area contributed by atoms with Gasteiger partial charge >= 0.3 is 18.1 Å². The molecule has 0 aliphatic rings. The number of hydrogen-bond donors (Lipinski definition) is 2. The van der Waals surface area contributed by atoms with Gasteiger partial charge in [0.1, 0.15) is 16.9 Å². The topological polar surface area (TPSA) is 119 Å². The number of fused-ring (bicyclic) bond motifs is 2. The van der Waals surface area contributed by atoms with Crippen molar-refractivity contribution < 1.29 is 37.4 Å². The predicted molar refractivity (Wildman–Crippen MR) is 176 cm³/mol. The Morgan fingerprint density at radius 1 is 0.653 bits per heavy atom. The summed E-state index contributed by atoms with van der Waals surface area (Å²) in [4.78, 5) is 47.2. The molecule has 0 atom stereocenters. The summed E-state index contributed by atoms with van der Waals surface area (Å²) < 4.78 is 54.7. The van der Waals surface area contributed by atoms with Crippen molar-refractivity contribution in [2.45, 2.75) is 19.3 Å². The molecule has 0 aliphatic heterocycles. The normalized spacial score (nSPS) is 11.3. The largest absolute Gasteiger partial charge is 0.477 e. The number of carboxylic acid groups (broad SMARTS) is 2. The summed E-state index contributed by atoms with van der Waals surface area (Å²) in [5.74, 6) is -3.06. The van der Waals surface area contributed by atoms with Crippen molar-refractivity contribution in [3.05, 3.63) is 161 Å². The Morgan fingerprint density at radius 2 is 1.12 bits per heavy atom. The molecule has 0 fully saturated rings. The van der Waals surface area contributed by atoms with Gasteiger partial charge in [-0.05, 0) is 71.8 Å². The molecule has 2 aromatic heterocycles. The zero-order valence-corrected chi connectivity index (χ0v) is 26.4. The van der Waals surface area contributed by atoms with Crippen molar-refractivity contribution >= 4 is 56.9 Å². The van der Waals surface area contributed by atoms with Crippen LogP contribution in [0.2, 0.25) is 10.0 Å². The van der Waals surface area contributed by atoms with E-state index in [0.717, 1.165) is 23.9 Å². The Morgan fingerprint density at radius 3 is 1.57 bits per heavy atom. The Kier molecular flexibility index (Phi) is 9.93. The maximum atomic E-state index is 13.0. The number of halogens is 6. The lowest BCUT2D eigenvalue weighted by atomic mass is 10.1. The number of carbonyl (C=O) groups is 2. The number of alkyl halides is 3. The van der Waals surface area contributed by atoms with E-state index in [4.69, 9.17) is 23.2 Å². The molecule has 250 valence electrons. The minimum atomic E-state index is -4.49.